The summed E-state index contributed by atoms with van der Waals surface area (Å²) < 4.78 is 0.846. The van der Waals surface area contributed by atoms with Gasteiger partial charge in [0.05, 0.1) is 16.8 Å². The van der Waals surface area contributed by atoms with Gasteiger partial charge in [-0.05, 0) is 53.0 Å². The van der Waals surface area contributed by atoms with E-state index >= 15 is 0 Å². The molecule has 6 heteroatoms. The fourth-order valence-corrected chi connectivity index (χ4v) is 3.33. The van der Waals surface area contributed by atoms with E-state index in [0.717, 1.165) is 16.6 Å². The van der Waals surface area contributed by atoms with E-state index in [-0.39, 0.29) is 17.7 Å². The second-order valence-electron chi connectivity index (χ2n) is 6.15. The van der Waals surface area contributed by atoms with Crippen LogP contribution < -0.4 is 5.32 Å². The topological polar surface area (TPSA) is 66.5 Å². The molecule has 1 N–H and O–H groups in total. The molecule has 134 valence electrons. The fraction of sp³-hybridized carbons (Fsp3) is 0.250. The first kappa shape index (κ1) is 18.3. The van der Waals surface area contributed by atoms with Gasteiger partial charge in [-0.2, -0.15) is 0 Å². The standard InChI is InChI=1S/C20H19BrN2O3/c21-16-10-5-6-11-17(16)22-18(24)12-2-1-7-13-23-19(25)14-8-3-4-9-15(14)20(23)26/h3-6,8-11H,1-2,7,12-13H2,(H,22,24). The van der Waals surface area contributed by atoms with Crippen molar-refractivity contribution < 1.29 is 14.4 Å². The molecular weight excluding hydrogens is 396 g/mol. The molecule has 0 saturated heterocycles. The molecular formula is C20H19BrN2O3. The van der Waals surface area contributed by atoms with Gasteiger partial charge >= 0.3 is 0 Å². The van der Waals surface area contributed by atoms with Crippen LogP contribution in [0.15, 0.2) is 53.0 Å². The Kier molecular flexibility index (Phi) is 5.83. The minimum Gasteiger partial charge on any atom is -0.325 e. The number of amides is 3. The number of hydrogen-bond acceptors (Lipinski definition) is 3. The molecule has 3 rings (SSSR count). The van der Waals surface area contributed by atoms with Gasteiger partial charge in [-0.25, -0.2) is 0 Å². The number of unbranched alkanes of at least 4 members (excludes halogenated alkanes) is 2. The second-order valence-corrected chi connectivity index (χ2v) is 7.00. The summed E-state index contributed by atoms with van der Waals surface area (Å²) in [6, 6.07) is 14.3. The summed E-state index contributed by atoms with van der Waals surface area (Å²) in [6.07, 6.45) is 2.58. The van der Waals surface area contributed by atoms with Gasteiger partial charge in [0, 0.05) is 17.4 Å². The van der Waals surface area contributed by atoms with Gasteiger partial charge in [0.1, 0.15) is 0 Å². The predicted octanol–water partition coefficient (Wildman–Crippen LogP) is 4.24. The predicted molar refractivity (Wildman–Crippen MR) is 103 cm³/mol. The zero-order valence-corrected chi connectivity index (χ0v) is 15.8. The van der Waals surface area contributed by atoms with E-state index in [1.165, 1.54) is 4.90 Å². The summed E-state index contributed by atoms with van der Waals surface area (Å²) in [6.45, 7) is 0.387. The molecule has 3 amide bonds. The molecule has 0 saturated carbocycles. The number of hydrogen-bond donors (Lipinski definition) is 1. The number of nitrogens with zero attached hydrogens (tertiary/aromatic N) is 1. The van der Waals surface area contributed by atoms with Crippen LogP contribution in [0, 0.1) is 0 Å². The Morgan fingerprint density at radius 1 is 0.885 bits per heavy atom. The number of fused-ring (bicyclic) bond motifs is 1. The maximum absolute atomic E-state index is 12.3. The van der Waals surface area contributed by atoms with E-state index in [2.05, 4.69) is 21.2 Å². The number of nitrogens with one attached hydrogen (secondary N) is 1. The Balaban J connectivity index is 1.40. The average Bonchev–Trinajstić information content (AvgIpc) is 2.88. The van der Waals surface area contributed by atoms with E-state index < -0.39 is 0 Å². The summed E-state index contributed by atoms with van der Waals surface area (Å²) in [4.78, 5) is 37.8. The van der Waals surface area contributed by atoms with Crippen molar-refractivity contribution in [2.75, 3.05) is 11.9 Å². The van der Waals surface area contributed by atoms with E-state index in [9.17, 15) is 14.4 Å². The van der Waals surface area contributed by atoms with Crippen LogP contribution in [0.4, 0.5) is 5.69 Å². The summed E-state index contributed by atoms with van der Waals surface area (Å²) in [7, 11) is 0. The number of rotatable bonds is 7. The minimum atomic E-state index is -0.225. The highest BCUT2D eigenvalue weighted by Crippen LogP contribution is 2.23. The van der Waals surface area contributed by atoms with Gasteiger partial charge < -0.3 is 5.32 Å². The van der Waals surface area contributed by atoms with E-state index in [1.807, 2.05) is 24.3 Å². The zero-order chi connectivity index (χ0) is 18.5. The third-order valence-electron chi connectivity index (χ3n) is 4.31. The highest BCUT2D eigenvalue weighted by atomic mass is 79.9. The Hall–Kier alpha value is -2.47. The molecule has 2 aromatic rings. The van der Waals surface area contributed by atoms with E-state index in [1.54, 1.807) is 24.3 Å². The number of imide groups is 1. The first-order chi connectivity index (χ1) is 12.6. The molecule has 1 heterocycles. The molecule has 0 fully saturated rings. The SMILES string of the molecule is O=C(CCCCCN1C(=O)c2ccccc2C1=O)Nc1ccccc1Br. The first-order valence-electron chi connectivity index (χ1n) is 8.57. The van der Waals surface area contributed by atoms with Crippen molar-refractivity contribution in [3.05, 3.63) is 64.1 Å². The molecule has 1 aliphatic heterocycles. The molecule has 1 aliphatic rings. The van der Waals surface area contributed by atoms with Gasteiger partial charge in [0.2, 0.25) is 5.91 Å². The van der Waals surface area contributed by atoms with Crippen LogP contribution in [0.25, 0.3) is 0 Å². The average molecular weight is 415 g/mol. The second kappa shape index (κ2) is 8.27. The molecule has 0 aliphatic carbocycles. The van der Waals surface area contributed by atoms with Gasteiger partial charge in [0.15, 0.2) is 0 Å². The largest absolute Gasteiger partial charge is 0.325 e. The van der Waals surface area contributed by atoms with E-state index in [4.69, 9.17) is 0 Å². The molecule has 0 radical (unpaired) electrons. The highest BCUT2D eigenvalue weighted by molar-refractivity contribution is 9.10. The van der Waals surface area contributed by atoms with Gasteiger partial charge in [-0.1, -0.05) is 30.7 Å². The quantitative estimate of drug-likeness (QED) is 0.543. The Morgan fingerprint density at radius 2 is 1.50 bits per heavy atom. The van der Waals surface area contributed by atoms with Crippen molar-refractivity contribution in [3.8, 4) is 0 Å². The minimum absolute atomic E-state index is 0.0439. The van der Waals surface area contributed by atoms with Crippen LogP contribution in [0.1, 0.15) is 46.4 Å². The van der Waals surface area contributed by atoms with Crippen molar-refractivity contribution in [1.29, 1.82) is 0 Å². The van der Waals surface area contributed by atoms with Crippen molar-refractivity contribution >= 4 is 39.3 Å². The lowest BCUT2D eigenvalue weighted by Gasteiger charge is -2.13. The molecule has 0 atom stereocenters. The first-order valence-corrected chi connectivity index (χ1v) is 9.37. The third-order valence-corrected chi connectivity index (χ3v) is 5.00. The van der Waals surface area contributed by atoms with Crippen molar-refractivity contribution in [2.24, 2.45) is 0 Å². The fourth-order valence-electron chi connectivity index (χ4n) is 2.95. The monoisotopic (exact) mass is 414 g/mol. The Labute approximate surface area is 160 Å². The number of carbonyl (C=O) groups excluding carboxylic acids is 3. The Bertz CT molecular complexity index is 815. The molecule has 0 spiro atoms. The number of para-hydroxylation sites is 1. The Morgan fingerprint density at radius 3 is 2.15 bits per heavy atom. The number of carbonyl (C=O) groups is 3. The molecule has 2 aromatic carbocycles. The van der Waals surface area contributed by atoms with Gasteiger partial charge in [-0.15, -0.1) is 0 Å². The van der Waals surface area contributed by atoms with Crippen molar-refractivity contribution in [3.63, 3.8) is 0 Å². The normalized spacial score (nSPS) is 13.0. The number of halogens is 1. The van der Waals surface area contributed by atoms with Crippen LogP contribution in [0.3, 0.4) is 0 Å². The molecule has 26 heavy (non-hydrogen) atoms. The molecule has 5 nitrogen and oxygen atoms in total. The van der Waals surface area contributed by atoms with Crippen LogP contribution in [-0.4, -0.2) is 29.2 Å². The maximum Gasteiger partial charge on any atom is 0.261 e. The van der Waals surface area contributed by atoms with Crippen LogP contribution in [0.5, 0.6) is 0 Å². The zero-order valence-electron chi connectivity index (χ0n) is 14.2. The number of anilines is 1. The summed E-state index contributed by atoms with van der Waals surface area (Å²) >= 11 is 3.39. The molecule has 0 unspecified atom stereocenters. The summed E-state index contributed by atoms with van der Waals surface area (Å²) in [5.41, 5.74) is 1.71. The van der Waals surface area contributed by atoms with Crippen LogP contribution >= 0.6 is 15.9 Å². The van der Waals surface area contributed by atoms with Crippen LogP contribution in [-0.2, 0) is 4.79 Å². The van der Waals surface area contributed by atoms with Gasteiger partial charge in [0.25, 0.3) is 11.8 Å². The highest BCUT2D eigenvalue weighted by Gasteiger charge is 2.34. The lowest BCUT2D eigenvalue weighted by Crippen LogP contribution is -2.30. The van der Waals surface area contributed by atoms with Crippen molar-refractivity contribution in [2.45, 2.75) is 25.7 Å². The third kappa shape index (κ3) is 4.02. The van der Waals surface area contributed by atoms with Crippen LogP contribution in [0.2, 0.25) is 0 Å². The lowest BCUT2D eigenvalue weighted by molar-refractivity contribution is -0.116. The van der Waals surface area contributed by atoms with Gasteiger partial charge in [-0.3, -0.25) is 19.3 Å². The van der Waals surface area contributed by atoms with Crippen molar-refractivity contribution in [1.82, 2.24) is 4.90 Å². The summed E-state index contributed by atoms with van der Waals surface area (Å²) in [5, 5.41) is 2.86. The maximum atomic E-state index is 12.3. The molecule has 0 bridgehead atoms. The summed E-state index contributed by atoms with van der Waals surface area (Å²) in [5.74, 6) is -0.493. The number of benzene rings is 2. The smallest absolute Gasteiger partial charge is 0.261 e. The van der Waals surface area contributed by atoms with E-state index in [0.29, 0.717) is 36.9 Å². The molecule has 0 aromatic heterocycles. The lowest BCUT2D eigenvalue weighted by atomic mass is 10.1.